The molecule has 0 aromatic heterocycles. The zero-order valence-electron chi connectivity index (χ0n) is 15.2. The average Bonchev–Trinajstić information content (AvgIpc) is 3.13. The fourth-order valence-electron chi connectivity index (χ4n) is 6.15. The van der Waals surface area contributed by atoms with Crippen LogP contribution >= 0.6 is 0 Å². The largest absolute Gasteiger partial charge is 0.0992 e. The van der Waals surface area contributed by atoms with Crippen LogP contribution in [-0.4, -0.2) is 0 Å². The van der Waals surface area contributed by atoms with Crippen molar-refractivity contribution < 1.29 is 0 Å². The molecule has 0 saturated heterocycles. The molecule has 3 aromatic carbocycles. The van der Waals surface area contributed by atoms with Crippen LogP contribution in [0.2, 0.25) is 0 Å². The summed E-state index contributed by atoms with van der Waals surface area (Å²) < 4.78 is 0. The molecule has 2 saturated carbocycles. The molecule has 0 nitrogen and oxygen atoms in total. The van der Waals surface area contributed by atoms with E-state index in [4.69, 9.17) is 0 Å². The first-order valence-corrected chi connectivity index (χ1v) is 9.52. The molecule has 2 fully saturated rings. The number of allylic oxidation sites excluding steroid dienone is 1. The fourth-order valence-corrected chi connectivity index (χ4v) is 6.15. The SMILES string of the molecule is C=C1C[C@@]2(C)[C@H](c3ccccc3)[C@@]2(c2ccccc2)[C@H]1c1ccccc1. The lowest BCUT2D eigenvalue weighted by molar-refractivity contribution is 0.501. The van der Waals surface area contributed by atoms with Crippen molar-refractivity contribution in [3.05, 3.63) is 120 Å². The van der Waals surface area contributed by atoms with Gasteiger partial charge in [-0.3, -0.25) is 0 Å². The molecule has 0 N–H and O–H groups in total. The Labute approximate surface area is 156 Å². The van der Waals surface area contributed by atoms with E-state index in [0.717, 1.165) is 6.42 Å². The molecule has 0 radical (unpaired) electrons. The van der Waals surface area contributed by atoms with Gasteiger partial charge in [0.25, 0.3) is 0 Å². The summed E-state index contributed by atoms with van der Waals surface area (Å²) in [7, 11) is 0. The van der Waals surface area contributed by atoms with Crippen molar-refractivity contribution in [2.75, 3.05) is 0 Å². The van der Waals surface area contributed by atoms with E-state index in [1.807, 2.05) is 0 Å². The van der Waals surface area contributed by atoms with Crippen LogP contribution in [-0.2, 0) is 5.41 Å². The third-order valence-corrected chi connectivity index (χ3v) is 6.93. The maximum absolute atomic E-state index is 4.54. The molecule has 4 atom stereocenters. The summed E-state index contributed by atoms with van der Waals surface area (Å²) in [6.45, 7) is 7.01. The molecule has 3 aromatic rings. The van der Waals surface area contributed by atoms with Gasteiger partial charge in [0.2, 0.25) is 0 Å². The molecule has 2 aliphatic rings. The highest BCUT2D eigenvalue weighted by Gasteiger charge is 2.80. The second kappa shape index (κ2) is 5.45. The maximum Gasteiger partial charge on any atom is 0.0196 e. The monoisotopic (exact) mass is 336 g/mol. The van der Waals surface area contributed by atoms with Gasteiger partial charge < -0.3 is 0 Å². The van der Waals surface area contributed by atoms with Gasteiger partial charge in [0, 0.05) is 17.3 Å². The second-order valence-electron chi connectivity index (χ2n) is 8.17. The third-order valence-electron chi connectivity index (χ3n) is 6.93. The Morgan fingerprint density at radius 1 is 0.731 bits per heavy atom. The van der Waals surface area contributed by atoms with Crippen LogP contribution < -0.4 is 0 Å². The highest BCUT2D eigenvalue weighted by molar-refractivity contribution is 5.61. The first kappa shape index (κ1) is 15.6. The van der Waals surface area contributed by atoms with Crippen LogP contribution in [0, 0.1) is 5.41 Å². The smallest absolute Gasteiger partial charge is 0.0196 e. The predicted molar refractivity (Wildman–Crippen MR) is 108 cm³/mol. The maximum atomic E-state index is 4.54. The van der Waals surface area contributed by atoms with E-state index in [0.29, 0.717) is 11.8 Å². The molecule has 0 aliphatic heterocycles. The fraction of sp³-hybridized carbons (Fsp3) is 0.231. The molecule has 2 aliphatic carbocycles. The lowest BCUT2D eigenvalue weighted by atomic mass is 9.74. The van der Waals surface area contributed by atoms with Gasteiger partial charge in [0.1, 0.15) is 0 Å². The standard InChI is InChI=1S/C26H24/c1-19-18-25(2)24(21-14-8-4-9-15-21)26(25,22-16-10-5-11-17-22)23(19)20-12-6-3-7-13-20/h3-17,23-24H,1,18H2,2H3/t23-,24+,25+,26-/m1/s1. The normalized spacial score (nSPS) is 32.3. The Kier molecular flexibility index (Phi) is 3.28. The van der Waals surface area contributed by atoms with Crippen LogP contribution in [0.25, 0.3) is 0 Å². The van der Waals surface area contributed by atoms with Gasteiger partial charge in [-0.05, 0) is 28.5 Å². The predicted octanol–water partition coefficient (Wildman–Crippen LogP) is 6.47. The molecule has 5 rings (SSSR count). The zero-order valence-corrected chi connectivity index (χ0v) is 15.2. The summed E-state index contributed by atoms with van der Waals surface area (Å²) in [5.74, 6) is 0.913. The second-order valence-corrected chi connectivity index (χ2v) is 8.17. The van der Waals surface area contributed by atoms with Crippen molar-refractivity contribution in [1.82, 2.24) is 0 Å². The Balaban J connectivity index is 1.75. The van der Waals surface area contributed by atoms with E-state index < -0.39 is 0 Å². The van der Waals surface area contributed by atoms with Gasteiger partial charge in [0.15, 0.2) is 0 Å². The third kappa shape index (κ3) is 1.85. The highest BCUT2D eigenvalue weighted by Crippen LogP contribution is 2.86. The molecule has 0 spiro atoms. The average molecular weight is 336 g/mol. The lowest BCUT2D eigenvalue weighted by Crippen LogP contribution is -2.21. The van der Waals surface area contributed by atoms with Crippen LogP contribution in [0.4, 0.5) is 0 Å². The first-order valence-electron chi connectivity index (χ1n) is 9.52. The van der Waals surface area contributed by atoms with E-state index in [1.54, 1.807) is 0 Å². The summed E-state index contributed by atoms with van der Waals surface area (Å²) in [4.78, 5) is 0. The number of benzene rings is 3. The Morgan fingerprint density at radius 2 is 1.23 bits per heavy atom. The summed E-state index contributed by atoms with van der Waals surface area (Å²) in [6, 6.07) is 33.3. The minimum absolute atomic E-state index is 0.105. The molecule has 0 bridgehead atoms. The van der Waals surface area contributed by atoms with Gasteiger partial charge in [-0.15, -0.1) is 0 Å². The number of rotatable bonds is 3. The van der Waals surface area contributed by atoms with Crippen molar-refractivity contribution >= 4 is 0 Å². The Bertz CT molecular complexity index is 941. The van der Waals surface area contributed by atoms with Crippen molar-refractivity contribution in [3.63, 3.8) is 0 Å². The van der Waals surface area contributed by atoms with Gasteiger partial charge in [0.05, 0.1) is 0 Å². The lowest BCUT2D eigenvalue weighted by Gasteiger charge is -2.28. The van der Waals surface area contributed by atoms with Crippen molar-refractivity contribution in [1.29, 1.82) is 0 Å². The van der Waals surface area contributed by atoms with E-state index in [-0.39, 0.29) is 10.8 Å². The number of hydrogen-bond donors (Lipinski definition) is 0. The molecule has 128 valence electrons. The van der Waals surface area contributed by atoms with Crippen molar-refractivity contribution in [2.24, 2.45) is 5.41 Å². The summed E-state index contributed by atoms with van der Waals surface area (Å²) in [5.41, 5.74) is 6.05. The first-order chi connectivity index (χ1) is 12.7. The van der Waals surface area contributed by atoms with Crippen LogP contribution in [0.15, 0.2) is 103 Å². The van der Waals surface area contributed by atoms with Gasteiger partial charge in [-0.25, -0.2) is 0 Å². The highest BCUT2D eigenvalue weighted by atomic mass is 14.8. The minimum atomic E-state index is 0.105. The van der Waals surface area contributed by atoms with Crippen molar-refractivity contribution in [2.45, 2.75) is 30.6 Å². The Morgan fingerprint density at radius 3 is 1.81 bits per heavy atom. The van der Waals surface area contributed by atoms with E-state index in [9.17, 15) is 0 Å². The topological polar surface area (TPSA) is 0 Å². The van der Waals surface area contributed by atoms with E-state index >= 15 is 0 Å². The molecular formula is C26H24. The summed E-state index contributed by atoms with van der Waals surface area (Å²) in [5, 5.41) is 0. The van der Waals surface area contributed by atoms with Gasteiger partial charge in [-0.2, -0.15) is 0 Å². The van der Waals surface area contributed by atoms with Crippen LogP contribution in [0.5, 0.6) is 0 Å². The minimum Gasteiger partial charge on any atom is -0.0992 e. The van der Waals surface area contributed by atoms with Crippen molar-refractivity contribution in [3.8, 4) is 0 Å². The molecule has 26 heavy (non-hydrogen) atoms. The summed E-state index contributed by atoms with van der Waals surface area (Å²) >= 11 is 0. The molecular weight excluding hydrogens is 312 g/mol. The summed E-state index contributed by atoms with van der Waals surface area (Å²) in [6.07, 6.45) is 1.10. The molecule has 0 unspecified atom stereocenters. The molecule has 0 heteroatoms. The number of hydrogen-bond acceptors (Lipinski definition) is 0. The van der Waals surface area contributed by atoms with Crippen LogP contribution in [0.3, 0.4) is 0 Å². The molecule has 0 amide bonds. The van der Waals surface area contributed by atoms with E-state index in [1.165, 1.54) is 22.3 Å². The Hall–Kier alpha value is -2.60. The van der Waals surface area contributed by atoms with Crippen LogP contribution in [0.1, 0.15) is 41.9 Å². The van der Waals surface area contributed by atoms with Gasteiger partial charge in [-0.1, -0.05) is 110 Å². The quantitative estimate of drug-likeness (QED) is 0.481. The molecule has 0 heterocycles. The van der Waals surface area contributed by atoms with Gasteiger partial charge >= 0.3 is 0 Å². The zero-order chi connectivity index (χ0) is 17.8. The van der Waals surface area contributed by atoms with E-state index in [2.05, 4.69) is 104 Å². The number of fused-ring (bicyclic) bond motifs is 1.